The molecule has 0 unspecified atom stereocenters. The van der Waals surface area contributed by atoms with E-state index in [0.29, 0.717) is 42.1 Å². The second-order valence-electron chi connectivity index (χ2n) is 6.14. The number of ether oxygens (including phenoxy) is 1. The van der Waals surface area contributed by atoms with Crippen molar-refractivity contribution in [2.75, 3.05) is 13.1 Å². The molecule has 0 aromatic heterocycles. The van der Waals surface area contributed by atoms with Crippen LogP contribution >= 0.6 is 0 Å². The average Bonchev–Trinajstić information content (AvgIpc) is 2.63. The first kappa shape index (κ1) is 17.5. The van der Waals surface area contributed by atoms with E-state index in [1.54, 1.807) is 30.3 Å². The Labute approximate surface area is 148 Å². The van der Waals surface area contributed by atoms with Crippen LogP contribution in [0.5, 0.6) is 5.75 Å². The average molecular weight is 356 g/mol. The molecule has 0 N–H and O–H groups in total. The number of hydrogen-bond acceptors (Lipinski definition) is 4. The fourth-order valence-electron chi connectivity index (χ4n) is 2.89. The van der Waals surface area contributed by atoms with E-state index in [2.05, 4.69) is 6.07 Å². The summed E-state index contributed by atoms with van der Waals surface area (Å²) in [5, 5.41) is 9.12. The Morgan fingerprint density at radius 1 is 1.08 bits per heavy atom. The van der Waals surface area contributed by atoms with E-state index >= 15 is 0 Å². The maximum absolute atomic E-state index is 12.7. The summed E-state index contributed by atoms with van der Waals surface area (Å²) in [6.45, 7) is 2.75. The summed E-state index contributed by atoms with van der Waals surface area (Å²) in [7, 11) is -3.46. The van der Waals surface area contributed by atoms with Gasteiger partial charge in [-0.3, -0.25) is 0 Å². The normalized spacial score (nSPS) is 16.3. The van der Waals surface area contributed by atoms with E-state index in [0.717, 1.165) is 5.56 Å². The van der Waals surface area contributed by atoms with E-state index < -0.39 is 10.0 Å². The number of para-hydroxylation sites is 1. The van der Waals surface area contributed by atoms with E-state index in [1.165, 1.54) is 4.31 Å². The minimum absolute atomic E-state index is 0.0843. The number of sulfonamides is 1. The van der Waals surface area contributed by atoms with Gasteiger partial charge in [0.25, 0.3) is 0 Å². The van der Waals surface area contributed by atoms with Crippen molar-refractivity contribution in [2.45, 2.75) is 30.8 Å². The van der Waals surface area contributed by atoms with E-state index in [4.69, 9.17) is 10.00 Å². The fraction of sp³-hybridized carbons (Fsp3) is 0.316. The lowest BCUT2D eigenvalue weighted by molar-refractivity contribution is 0.135. The largest absolute Gasteiger partial charge is 0.489 e. The lowest BCUT2D eigenvalue weighted by Gasteiger charge is -2.31. The standard InChI is InChI=1S/C19H20N2O3S/c1-15-6-8-18(9-7-15)25(22,23)21-12-10-17(11-13-21)24-19-5-3-2-4-16(19)14-20/h2-9,17H,10-13H2,1H3. The van der Waals surface area contributed by atoms with E-state index in [9.17, 15) is 8.42 Å². The molecular formula is C19H20N2O3S. The highest BCUT2D eigenvalue weighted by Crippen LogP contribution is 2.25. The van der Waals surface area contributed by atoms with Gasteiger partial charge >= 0.3 is 0 Å². The van der Waals surface area contributed by atoms with Gasteiger partial charge in [0.1, 0.15) is 17.9 Å². The summed E-state index contributed by atoms with van der Waals surface area (Å²) < 4.78 is 32.8. The van der Waals surface area contributed by atoms with Gasteiger partial charge in [-0.1, -0.05) is 29.8 Å². The van der Waals surface area contributed by atoms with Gasteiger partial charge in [-0.15, -0.1) is 0 Å². The maximum Gasteiger partial charge on any atom is 0.243 e. The summed E-state index contributed by atoms with van der Waals surface area (Å²) in [4.78, 5) is 0.326. The summed E-state index contributed by atoms with van der Waals surface area (Å²) >= 11 is 0. The second-order valence-corrected chi connectivity index (χ2v) is 8.08. The molecule has 2 aromatic rings. The quantitative estimate of drug-likeness (QED) is 0.844. The summed E-state index contributed by atoms with van der Waals surface area (Å²) in [5.74, 6) is 0.560. The van der Waals surface area contributed by atoms with Crippen LogP contribution in [0.25, 0.3) is 0 Å². The summed E-state index contributed by atoms with van der Waals surface area (Å²) in [5.41, 5.74) is 1.53. The molecule has 1 aliphatic heterocycles. The SMILES string of the molecule is Cc1ccc(S(=O)(=O)N2CCC(Oc3ccccc3C#N)CC2)cc1. The minimum Gasteiger partial charge on any atom is -0.489 e. The monoisotopic (exact) mass is 356 g/mol. The van der Waals surface area contributed by atoms with Crippen LogP contribution in [-0.4, -0.2) is 31.9 Å². The van der Waals surface area contributed by atoms with Crippen molar-refractivity contribution in [1.82, 2.24) is 4.31 Å². The first-order valence-corrected chi connectivity index (χ1v) is 9.67. The van der Waals surface area contributed by atoms with Gasteiger partial charge in [-0.2, -0.15) is 9.57 Å². The molecule has 0 bridgehead atoms. The molecule has 0 radical (unpaired) electrons. The van der Waals surface area contributed by atoms with Crippen LogP contribution in [0, 0.1) is 18.3 Å². The third-order valence-electron chi connectivity index (χ3n) is 4.36. The molecule has 6 heteroatoms. The van der Waals surface area contributed by atoms with Crippen molar-refractivity contribution in [3.8, 4) is 11.8 Å². The van der Waals surface area contributed by atoms with Gasteiger partial charge in [-0.05, 0) is 44.0 Å². The highest BCUT2D eigenvalue weighted by atomic mass is 32.2. The molecule has 1 fully saturated rings. The third kappa shape index (κ3) is 3.84. The molecule has 25 heavy (non-hydrogen) atoms. The van der Waals surface area contributed by atoms with Crippen LogP contribution < -0.4 is 4.74 Å². The zero-order valence-corrected chi connectivity index (χ0v) is 14.9. The molecule has 0 amide bonds. The van der Waals surface area contributed by atoms with Crippen LogP contribution in [0.2, 0.25) is 0 Å². The molecule has 1 aliphatic rings. The van der Waals surface area contributed by atoms with Crippen molar-refractivity contribution in [3.63, 3.8) is 0 Å². The van der Waals surface area contributed by atoms with Crippen LogP contribution in [0.1, 0.15) is 24.0 Å². The van der Waals surface area contributed by atoms with Crippen LogP contribution in [-0.2, 0) is 10.0 Å². The number of nitrogens with zero attached hydrogens (tertiary/aromatic N) is 2. The number of rotatable bonds is 4. The molecular weight excluding hydrogens is 336 g/mol. The highest BCUT2D eigenvalue weighted by molar-refractivity contribution is 7.89. The Bertz CT molecular complexity index is 878. The Balaban J connectivity index is 1.65. The lowest BCUT2D eigenvalue weighted by atomic mass is 10.1. The second kappa shape index (κ2) is 7.26. The number of piperidine rings is 1. The van der Waals surface area contributed by atoms with Crippen LogP contribution in [0.3, 0.4) is 0 Å². The van der Waals surface area contributed by atoms with Crippen molar-refractivity contribution in [2.24, 2.45) is 0 Å². The lowest BCUT2D eigenvalue weighted by Crippen LogP contribution is -2.41. The maximum atomic E-state index is 12.7. The molecule has 0 spiro atoms. The van der Waals surface area contributed by atoms with Gasteiger partial charge in [0.05, 0.1) is 10.5 Å². The van der Waals surface area contributed by atoms with Crippen molar-refractivity contribution >= 4 is 10.0 Å². The molecule has 130 valence electrons. The summed E-state index contributed by atoms with van der Waals surface area (Å²) in [6.07, 6.45) is 1.12. The van der Waals surface area contributed by atoms with E-state index in [1.807, 2.05) is 25.1 Å². The molecule has 1 heterocycles. The molecule has 0 aliphatic carbocycles. The number of nitriles is 1. The Kier molecular flexibility index (Phi) is 5.07. The Morgan fingerprint density at radius 3 is 2.36 bits per heavy atom. The zero-order chi connectivity index (χ0) is 17.9. The first-order valence-electron chi connectivity index (χ1n) is 8.23. The predicted octanol–water partition coefficient (Wildman–Crippen LogP) is 3.10. The Morgan fingerprint density at radius 2 is 1.72 bits per heavy atom. The topological polar surface area (TPSA) is 70.4 Å². The summed E-state index contributed by atoms with van der Waals surface area (Å²) in [6, 6.07) is 16.1. The van der Waals surface area contributed by atoms with Crippen LogP contribution in [0.4, 0.5) is 0 Å². The molecule has 3 rings (SSSR count). The third-order valence-corrected chi connectivity index (χ3v) is 6.27. The van der Waals surface area contributed by atoms with Crippen molar-refractivity contribution in [1.29, 1.82) is 5.26 Å². The Hall–Kier alpha value is -2.36. The number of aryl methyl sites for hydroxylation is 1. The molecule has 5 nitrogen and oxygen atoms in total. The van der Waals surface area contributed by atoms with E-state index in [-0.39, 0.29) is 6.10 Å². The first-order chi connectivity index (χ1) is 12.0. The molecule has 2 aromatic carbocycles. The van der Waals surface area contributed by atoms with Gasteiger partial charge < -0.3 is 4.74 Å². The zero-order valence-electron chi connectivity index (χ0n) is 14.1. The van der Waals surface area contributed by atoms with Crippen LogP contribution in [0.15, 0.2) is 53.4 Å². The number of benzene rings is 2. The van der Waals surface area contributed by atoms with Gasteiger partial charge in [0, 0.05) is 13.1 Å². The predicted molar refractivity (Wildman–Crippen MR) is 94.7 cm³/mol. The molecule has 0 saturated carbocycles. The van der Waals surface area contributed by atoms with Gasteiger partial charge in [-0.25, -0.2) is 8.42 Å². The smallest absolute Gasteiger partial charge is 0.243 e. The highest BCUT2D eigenvalue weighted by Gasteiger charge is 2.30. The minimum atomic E-state index is -3.46. The molecule has 0 atom stereocenters. The van der Waals surface area contributed by atoms with Crippen molar-refractivity contribution < 1.29 is 13.2 Å². The fourth-order valence-corrected chi connectivity index (χ4v) is 4.36. The van der Waals surface area contributed by atoms with Gasteiger partial charge in [0.15, 0.2) is 0 Å². The number of hydrogen-bond donors (Lipinski definition) is 0. The molecule has 1 saturated heterocycles. The van der Waals surface area contributed by atoms with Crippen molar-refractivity contribution in [3.05, 3.63) is 59.7 Å². The van der Waals surface area contributed by atoms with Gasteiger partial charge in [0.2, 0.25) is 10.0 Å².